The summed E-state index contributed by atoms with van der Waals surface area (Å²) in [5.41, 5.74) is 2.25. The lowest BCUT2D eigenvalue weighted by atomic mass is 9.77. The minimum Gasteiger partial charge on any atom is -0.511 e. The molecule has 1 N–H and O–H groups in total. The van der Waals surface area contributed by atoms with Crippen LogP contribution in [0.3, 0.4) is 0 Å². The van der Waals surface area contributed by atoms with Crippen LogP contribution in [0.5, 0.6) is 0 Å². The van der Waals surface area contributed by atoms with Gasteiger partial charge in [0, 0.05) is 19.1 Å². The number of ketones is 1. The van der Waals surface area contributed by atoms with Crippen molar-refractivity contribution in [2.45, 2.75) is 32.7 Å². The van der Waals surface area contributed by atoms with Crippen molar-refractivity contribution in [1.82, 2.24) is 0 Å². The van der Waals surface area contributed by atoms with Gasteiger partial charge in [-0.2, -0.15) is 0 Å². The number of carbonyl (C=O) groups excluding carboxylic acids is 1. The van der Waals surface area contributed by atoms with Gasteiger partial charge >= 0.3 is 0 Å². The van der Waals surface area contributed by atoms with Gasteiger partial charge in [-0.25, -0.2) is 0 Å². The summed E-state index contributed by atoms with van der Waals surface area (Å²) in [6, 6.07) is 19.7. The average Bonchev–Trinajstić information content (AvgIpc) is 2.58. The Morgan fingerprint density at radius 2 is 1.48 bits per heavy atom. The topological polar surface area (TPSA) is 49.7 Å². The Balaban J connectivity index is 1.96. The van der Waals surface area contributed by atoms with E-state index in [0.717, 1.165) is 11.1 Å². The fraction of sp³-hybridized carbons (Fsp3) is 0.273. The first-order chi connectivity index (χ1) is 12.0. The van der Waals surface area contributed by atoms with Crippen LogP contribution >= 0.6 is 0 Å². The Kier molecular flexibility index (Phi) is 4.84. The molecule has 128 valence electrons. The number of nitrogens with zero attached hydrogens (tertiary/aromatic N) is 1. The molecule has 0 bridgehead atoms. The molecule has 0 heterocycles. The maximum absolute atomic E-state index is 12.4. The zero-order valence-corrected chi connectivity index (χ0v) is 14.6. The smallest absolute Gasteiger partial charge is 0.168 e. The standard InChI is InChI=1S/C22H23NO2/c1-22(2)13-19(24)18(20(25)14-22)15-23-21(16-9-5-3-6-10-16)17-11-7-4-8-12-17/h3-12,15,21,24H,13-14H2,1-2H3. The van der Waals surface area contributed by atoms with Gasteiger partial charge in [0.05, 0.1) is 11.6 Å². The number of benzene rings is 2. The molecule has 0 radical (unpaired) electrons. The van der Waals surface area contributed by atoms with E-state index in [1.807, 2.05) is 74.5 Å². The van der Waals surface area contributed by atoms with E-state index in [9.17, 15) is 9.90 Å². The van der Waals surface area contributed by atoms with E-state index in [1.54, 1.807) is 6.21 Å². The van der Waals surface area contributed by atoms with E-state index >= 15 is 0 Å². The van der Waals surface area contributed by atoms with E-state index < -0.39 is 0 Å². The molecule has 2 aromatic carbocycles. The number of hydrogen-bond donors (Lipinski definition) is 1. The molecule has 0 unspecified atom stereocenters. The van der Waals surface area contributed by atoms with Crippen LogP contribution in [0.25, 0.3) is 0 Å². The third-order valence-corrected chi connectivity index (χ3v) is 4.48. The van der Waals surface area contributed by atoms with Gasteiger partial charge in [-0.05, 0) is 16.5 Å². The highest BCUT2D eigenvalue weighted by Crippen LogP contribution is 2.35. The number of hydrogen-bond acceptors (Lipinski definition) is 3. The third kappa shape index (κ3) is 4.05. The van der Waals surface area contributed by atoms with Crippen LogP contribution in [-0.4, -0.2) is 17.1 Å². The van der Waals surface area contributed by atoms with Crippen LogP contribution in [0.2, 0.25) is 0 Å². The molecule has 0 aliphatic heterocycles. The predicted molar refractivity (Wildman–Crippen MR) is 101 cm³/mol. The number of allylic oxidation sites excluding steroid dienone is 2. The molecule has 3 rings (SSSR count). The van der Waals surface area contributed by atoms with Crippen molar-refractivity contribution < 1.29 is 9.90 Å². The van der Waals surface area contributed by atoms with E-state index in [0.29, 0.717) is 18.4 Å². The number of aliphatic hydroxyl groups is 1. The Bertz CT molecular complexity index is 765. The van der Waals surface area contributed by atoms with Gasteiger partial charge in [-0.3, -0.25) is 9.79 Å². The first-order valence-corrected chi connectivity index (χ1v) is 8.55. The summed E-state index contributed by atoms with van der Waals surface area (Å²) in [7, 11) is 0. The molecule has 2 aromatic rings. The highest BCUT2D eigenvalue weighted by molar-refractivity contribution is 6.14. The van der Waals surface area contributed by atoms with Crippen molar-refractivity contribution in [3.05, 3.63) is 83.1 Å². The van der Waals surface area contributed by atoms with E-state index in [4.69, 9.17) is 0 Å². The number of carbonyl (C=O) groups is 1. The second-order valence-electron chi connectivity index (χ2n) is 7.30. The lowest BCUT2D eigenvalue weighted by molar-refractivity contribution is -0.117. The number of Topliss-reactive ketones (excluding diaryl/α,β-unsaturated/α-hetero) is 1. The van der Waals surface area contributed by atoms with Crippen LogP contribution in [0.15, 0.2) is 77.0 Å². The molecule has 0 aromatic heterocycles. The van der Waals surface area contributed by atoms with Crippen LogP contribution in [-0.2, 0) is 4.79 Å². The third-order valence-electron chi connectivity index (χ3n) is 4.48. The summed E-state index contributed by atoms with van der Waals surface area (Å²) in [5, 5.41) is 10.3. The van der Waals surface area contributed by atoms with Gasteiger partial charge in [-0.15, -0.1) is 0 Å². The van der Waals surface area contributed by atoms with Crippen molar-refractivity contribution in [3.8, 4) is 0 Å². The molecule has 0 atom stereocenters. The Labute approximate surface area is 148 Å². The van der Waals surface area contributed by atoms with Gasteiger partial charge in [0.1, 0.15) is 5.76 Å². The molecule has 25 heavy (non-hydrogen) atoms. The zero-order chi connectivity index (χ0) is 17.9. The van der Waals surface area contributed by atoms with Gasteiger partial charge in [0.2, 0.25) is 0 Å². The summed E-state index contributed by atoms with van der Waals surface area (Å²) >= 11 is 0. The second kappa shape index (κ2) is 7.06. The van der Waals surface area contributed by atoms with E-state index in [-0.39, 0.29) is 23.0 Å². The summed E-state index contributed by atoms with van der Waals surface area (Å²) in [6.07, 6.45) is 2.48. The largest absolute Gasteiger partial charge is 0.511 e. The minimum absolute atomic E-state index is 0.0441. The van der Waals surface area contributed by atoms with E-state index in [2.05, 4.69) is 4.99 Å². The maximum Gasteiger partial charge on any atom is 0.168 e. The minimum atomic E-state index is -0.203. The summed E-state index contributed by atoms with van der Waals surface area (Å²) in [4.78, 5) is 17.1. The van der Waals surface area contributed by atoms with Crippen LogP contribution in [0.4, 0.5) is 0 Å². The Morgan fingerprint density at radius 1 is 0.960 bits per heavy atom. The maximum atomic E-state index is 12.4. The van der Waals surface area contributed by atoms with Crippen molar-refractivity contribution in [1.29, 1.82) is 0 Å². The van der Waals surface area contributed by atoms with Gasteiger partial charge in [0.15, 0.2) is 5.78 Å². The first kappa shape index (κ1) is 17.2. The average molecular weight is 333 g/mol. The lowest BCUT2D eigenvalue weighted by Crippen LogP contribution is -2.26. The summed E-state index contributed by atoms with van der Waals surface area (Å²) in [6.45, 7) is 3.98. The van der Waals surface area contributed by atoms with Gasteiger partial charge in [-0.1, -0.05) is 74.5 Å². The van der Waals surface area contributed by atoms with Crippen LogP contribution in [0, 0.1) is 5.41 Å². The van der Waals surface area contributed by atoms with Crippen molar-refractivity contribution >= 4 is 12.0 Å². The highest BCUT2D eigenvalue weighted by atomic mass is 16.3. The van der Waals surface area contributed by atoms with Crippen molar-refractivity contribution in [2.24, 2.45) is 10.4 Å². The number of aliphatic hydroxyl groups excluding tert-OH is 1. The molecule has 1 aliphatic rings. The summed E-state index contributed by atoms with van der Waals surface area (Å²) < 4.78 is 0. The molecular formula is C22H23NO2. The normalized spacial score (nSPS) is 17.5. The predicted octanol–water partition coefficient (Wildman–Crippen LogP) is 5.05. The zero-order valence-electron chi connectivity index (χ0n) is 14.6. The van der Waals surface area contributed by atoms with Crippen LogP contribution in [0.1, 0.15) is 43.9 Å². The highest BCUT2D eigenvalue weighted by Gasteiger charge is 2.32. The summed E-state index contributed by atoms with van der Waals surface area (Å²) in [5.74, 6) is 0.0993. The Morgan fingerprint density at radius 3 is 1.96 bits per heavy atom. The molecule has 3 nitrogen and oxygen atoms in total. The van der Waals surface area contributed by atoms with Gasteiger partial charge < -0.3 is 5.11 Å². The van der Waals surface area contributed by atoms with Crippen LogP contribution < -0.4 is 0 Å². The van der Waals surface area contributed by atoms with Gasteiger partial charge in [0.25, 0.3) is 0 Å². The molecular weight excluding hydrogens is 310 g/mol. The molecule has 3 heteroatoms. The first-order valence-electron chi connectivity index (χ1n) is 8.55. The monoisotopic (exact) mass is 333 g/mol. The molecule has 0 fully saturated rings. The fourth-order valence-electron chi connectivity index (χ4n) is 3.23. The second-order valence-corrected chi connectivity index (χ2v) is 7.30. The van der Waals surface area contributed by atoms with Crippen molar-refractivity contribution in [3.63, 3.8) is 0 Å². The molecule has 0 amide bonds. The van der Waals surface area contributed by atoms with Crippen molar-refractivity contribution in [2.75, 3.05) is 0 Å². The molecule has 0 saturated heterocycles. The SMILES string of the molecule is CC1(C)CC(=O)C(C=NC(c2ccccc2)c2ccccc2)=C(O)C1. The fourth-order valence-corrected chi connectivity index (χ4v) is 3.23. The molecule has 0 saturated carbocycles. The number of rotatable bonds is 4. The van der Waals surface area contributed by atoms with E-state index in [1.165, 1.54) is 0 Å². The molecule has 0 spiro atoms. The quantitative estimate of drug-likeness (QED) is 0.796. The molecule has 1 aliphatic carbocycles. The number of aliphatic imine (C=N–C) groups is 1. The Hall–Kier alpha value is -2.68. The lowest BCUT2D eigenvalue weighted by Gasteiger charge is -2.28.